The normalized spacial score (nSPS) is 12.7. The van der Waals surface area contributed by atoms with Crippen LogP contribution in [0.15, 0.2) is 30.3 Å². The van der Waals surface area contributed by atoms with Crippen molar-refractivity contribution in [2.24, 2.45) is 0 Å². The van der Waals surface area contributed by atoms with Gasteiger partial charge in [-0.25, -0.2) is 0 Å². The summed E-state index contributed by atoms with van der Waals surface area (Å²) in [4.78, 5) is 2.56. The molecule has 0 fully saturated rings. The van der Waals surface area contributed by atoms with E-state index in [-0.39, 0.29) is 6.04 Å². The molecular weight excluding hydrogens is 273 g/mol. The molecule has 1 aromatic carbocycles. The first-order valence-electron chi connectivity index (χ1n) is 5.30. The molecule has 2 rings (SSSR count). The topological polar surface area (TPSA) is 12.0 Å². The third kappa shape index (κ3) is 2.83. The lowest BCUT2D eigenvalue weighted by Crippen LogP contribution is -2.16. The molecule has 0 radical (unpaired) electrons. The van der Waals surface area contributed by atoms with Crippen molar-refractivity contribution in [3.63, 3.8) is 0 Å². The SMILES string of the molecule is CNC(c1ccc(C)s1)c1ccc(Cl)cc1Cl. The molecular formula is C13H13Cl2NS. The van der Waals surface area contributed by atoms with Gasteiger partial charge in [-0.05, 0) is 43.8 Å². The van der Waals surface area contributed by atoms with E-state index >= 15 is 0 Å². The Hall–Kier alpha value is -0.540. The maximum absolute atomic E-state index is 6.24. The van der Waals surface area contributed by atoms with Gasteiger partial charge in [0.15, 0.2) is 0 Å². The van der Waals surface area contributed by atoms with Crippen LogP contribution in [0.4, 0.5) is 0 Å². The second-order valence-electron chi connectivity index (χ2n) is 3.84. The van der Waals surface area contributed by atoms with E-state index in [1.807, 2.05) is 19.2 Å². The number of rotatable bonds is 3. The molecule has 0 aliphatic carbocycles. The largest absolute Gasteiger partial charge is 0.309 e. The number of halogens is 2. The van der Waals surface area contributed by atoms with Gasteiger partial charge in [0.05, 0.1) is 6.04 Å². The van der Waals surface area contributed by atoms with Crippen molar-refractivity contribution in [2.45, 2.75) is 13.0 Å². The van der Waals surface area contributed by atoms with Crippen LogP contribution in [0.5, 0.6) is 0 Å². The van der Waals surface area contributed by atoms with E-state index in [0.717, 1.165) is 5.56 Å². The van der Waals surface area contributed by atoms with Crippen molar-refractivity contribution in [3.05, 3.63) is 55.7 Å². The molecule has 1 aromatic heterocycles. The smallest absolute Gasteiger partial charge is 0.0683 e. The molecule has 1 heterocycles. The van der Waals surface area contributed by atoms with Crippen LogP contribution in [0.2, 0.25) is 10.0 Å². The van der Waals surface area contributed by atoms with Crippen molar-refractivity contribution in [1.82, 2.24) is 5.32 Å². The second kappa shape index (κ2) is 5.40. The van der Waals surface area contributed by atoms with Crippen molar-refractivity contribution < 1.29 is 0 Å². The Morgan fingerprint density at radius 2 is 1.94 bits per heavy atom. The zero-order valence-corrected chi connectivity index (χ0v) is 12.0. The third-order valence-electron chi connectivity index (χ3n) is 2.61. The Morgan fingerprint density at radius 1 is 1.18 bits per heavy atom. The van der Waals surface area contributed by atoms with Gasteiger partial charge in [0.2, 0.25) is 0 Å². The summed E-state index contributed by atoms with van der Waals surface area (Å²) in [6.45, 7) is 2.10. The van der Waals surface area contributed by atoms with E-state index in [9.17, 15) is 0 Å². The fourth-order valence-electron chi connectivity index (χ4n) is 1.80. The van der Waals surface area contributed by atoms with E-state index in [1.165, 1.54) is 9.75 Å². The third-order valence-corrected chi connectivity index (χ3v) is 4.24. The van der Waals surface area contributed by atoms with E-state index in [0.29, 0.717) is 10.0 Å². The van der Waals surface area contributed by atoms with Crippen LogP contribution in [0.25, 0.3) is 0 Å². The molecule has 0 aliphatic heterocycles. The Kier molecular flexibility index (Phi) is 4.10. The average Bonchev–Trinajstić information content (AvgIpc) is 2.69. The molecule has 1 N–H and O–H groups in total. The molecule has 1 unspecified atom stereocenters. The highest BCUT2D eigenvalue weighted by molar-refractivity contribution is 7.12. The lowest BCUT2D eigenvalue weighted by molar-refractivity contribution is 0.704. The van der Waals surface area contributed by atoms with Gasteiger partial charge in [-0.2, -0.15) is 0 Å². The fraction of sp³-hybridized carbons (Fsp3) is 0.231. The summed E-state index contributed by atoms with van der Waals surface area (Å²) < 4.78 is 0. The standard InChI is InChI=1S/C13H13Cl2NS/c1-8-3-6-12(17-8)13(16-2)10-5-4-9(14)7-11(10)15/h3-7,13,16H,1-2H3. The van der Waals surface area contributed by atoms with Crippen LogP contribution in [-0.2, 0) is 0 Å². The minimum absolute atomic E-state index is 0.124. The Balaban J connectivity index is 2.42. The highest BCUT2D eigenvalue weighted by Crippen LogP contribution is 2.33. The molecule has 0 saturated carbocycles. The van der Waals surface area contributed by atoms with Crippen LogP contribution in [0.3, 0.4) is 0 Å². The first kappa shape index (κ1) is 12.9. The Morgan fingerprint density at radius 3 is 2.47 bits per heavy atom. The molecule has 4 heteroatoms. The molecule has 0 spiro atoms. The van der Waals surface area contributed by atoms with Gasteiger partial charge in [-0.1, -0.05) is 29.3 Å². The average molecular weight is 286 g/mol. The Bertz CT molecular complexity index is 522. The highest BCUT2D eigenvalue weighted by Gasteiger charge is 2.16. The van der Waals surface area contributed by atoms with Crippen molar-refractivity contribution in [1.29, 1.82) is 0 Å². The van der Waals surface area contributed by atoms with Gasteiger partial charge in [-0.3, -0.25) is 0 Å². The van der Waals surface area contributed by atoms with Gasteiger partial charge < -0.3 is 5.32 Å². The number of benzene rings is 1. The van der Waals surface area contributed by atoms with Gasteiger partial charge in [0, 0.05) is 19.8 Å². The number of nitrogens with one attached hydrogen (secondary N) is 1. The fourth-order valence-corrected chi connectivity index (χ4v) is 3.32. The summed E-state index contributed by atoms with van der Waals surface area (Å²) in [7, 11) is 1.94. The predicted octanol–water partition coefficient (Wildman–Crippen LogP) is 4.67. The summed E-state index contributed by atoms with van der Waals surface area (Å²) in [6.07, 6.45) is 0. The maximum atomic E-state index is 6.24. The molecule has 0 bridgehead atoms. The first-order valence-corrected chi connectivity index (χ1v) is 6.87. The summed E-state index contributed by atoms with van der Waals surface area (Å²) in [5.41, 5.74) is 1.06. The molecule has 1 atom stereocenters. The van der Waals surface area contributed by atoms with Crippen LogP contribution in [0.1, 0.15) is 21.4 Å². The predicted molar refractivity (Wildman–Crippen MR) is 76.4 cm³/mol. The number of hydrogen-bond donors (Lipinski definition) is 1. The Labute approximate surface area is 115 Å². The minimum Gasteiger partial charge on any atom is -0.309 e. The van der Waals surface area contributed by atoms with Crippen molar-refractivity contribution >= 4 is 34.5 Å². The van der Waals surface area contributed by atoms with E-state index < -0.39 is 0 Å². The molecule has 1 nitrogen and oxygen atoms in total. The van der Waals surface area contributed by atoms with Gasteiger partial charge >= 0.3 is 0 Å². The first-order chi connectivity index (χ1) is 8.11. The summed E-state index contributed by atoms with van der Waals surface area (Å²) in [6, 6.07) is 10.00. The second-order valence-corrected chi connectivity index (χ2v) is 6.00. The molecule has 0 saturated heterocycles. The molecule has 0 aliphatic rings. The number of thiophene rings is 1. The van der Waals surface area contributed by atoms with Gasteiger partial charge in [0.25, 0.3) is 0 Å². The van der Waals surface area contributed by atoms with Crippen molar-refractivity contribution in [3.8, 4) is 0 Å². The lowest BCUT2D eigenvalue weighted by atomic mass is 10.1. The molecule has 17 heavy (non-hydrogen) atoms. The highest BCUT2D eigenvalue weighted by atomic mass is 35.5. The monoisotopic (exact) mass is 285 g/mol. The van der Waals surface area contributed by atoms with E-state index in [2.05, 4.69) is 24.4 Å². The summed E-state index contributed by atoms with van der Waals surface area (Å²) in [5.74, 6) is 0. The minimum atomic E-state index is 0.124. The zero-order chi connectivity index (χ0) is 12.4. The summed E-state index contributed by atoms with van der Waals surface area (Å²) >= 11 is 13.9. The lowest BCUT2D eigenvalue weighted by Gasteiger charge is -2.16. The quantitative estimate of drug-likeness (QED) is 0.864. The zero-order valence-electron chi connectivity index (χ0n) is 9.63. The van der Waals surface area contributed by atoms with E-state index in [4.69, 9.17) is 23.2 Å². The molecule has 2 aromatic rings. The van der Waals surface area contributed by atoms with Crippen LogP contribution >= 0.6 is 34.5 Å². The number of hydrogen-bond acceptors (Lipinski definition) is 2. The van der Waals surface area contributed by atoms with Crippen LogP contribution in [-0.4, -0.2) is 7.05 Å². The van der Waals surface area contributed by atoms with Crippen molar-refractivity contribution in [2.75, 3.05) is 7.05 Å². The number of aryl methyl sites for hydroxylation is 1. The van der Waals surface area contributed by atoms with Crippen LogP contribution < -0.4 is 5.32 Å². The van der Waals surface area contributed by atoms with Gasteiger partial charge in [0.1, 0.15) is 0 Å². The van der Waals surface area contributed by atoms with Crippen LogP contribution in [0, 0.1) is 6.92 Å². The maximum Gasteiger partial charge on any atom is 0.0683 e. The van der Waals surface area contributed by atoms with E-state index in [1.54, 1.807) is 17.4 Å². The molecule has 90 valence electrons. The summed E-state index contributed by atoms with van der Waals surface area (Å²) in [5, 5.41) is 4.65. The van der Waals surface area contributed by atoms with Gasteiger partial charge in [-0.15, -0.1) is 11.3 Å². The molecule has 0 amide bonds.